The van der Waals surface area contributed by atoms with Crippen molar-refractivity contribution in [2.24, 2.45) is 0 Å². The zero-order valence-electron chi connectivity index (χ0n) is 15.3. The first-order chi connectivity index (χ1) is 12.8. The molecule has 0 bridgehead atoms. The number of nitrogens with zero attached hydrogens (tertiary/aromatic N) is 1. The SMILES string of the molecule is O=C(CC(c1ccccc1)c1ccccc1)N[C@@H]1CCN2CCCC[C@H]12. The number of fused-ring (bicyclic) bond motifs is 1. The van der Waals surface area contributed by atoms with Crippen molar-refractivity contribution >= 4 is 5.91 Å². The molecule has 2 aliphatic rings. The lowest BCUT2D eigenvalue weighted by Gasteiger charge is -2.32. The average molecular weight is 348 g/mol. The lowest BCUT2D eigenvalue weighted by molar-refractivity contribution is -0.122. The minimum atomic E-state index is 0.112. The fourth-order valence-corrected chi connectivity index (χ4v) is 4.67. The van der Waals surface area contributed by atoms with Crippen molar-refractivity contribution < 1.29 is 4.79 Å². The van der Waals surface area contributed by atoms with Crippen LogP contribution in [0.15, 0.2) is 60.7 Å². The molecule has 1 N–H and O–H groups in total. The van der Waals surface area contributed by atoms with E-state index in [1.54, 1.807) is 0 Å². The molecule has 1 amide bonds. The average Bonchev–Trinajstić information content (AvgIpc) is 3.10. The van der Waals surface area contributed by atoms with Crippen molar-refractivity contribution in [3.05, 3.63) is 71.8 Å². The van der Waals surface area contributed by atoms with Crippen molar-refractivity contribution in [3.8, 4) is 0 Å². The molecule has 136 valence electrons. The highest BCUT2D eigenvalue weighted by atomic mass is 16.1. The van der Waals surface area contributed by atoms with Crippen LogP contribution in [0.2, 0.25) is 0 Å². The topological polar surface area (TPSA) is 32.3 Å². The van der Waals surface area contributed by atoms with Crippen LogP contribution in [0.1, 0.15) is 49.1 Å². The Morgan fingerprint density at radius 3 is 2.23 bits per heavy atom. The Morgan fingerprint density at radius 2 is 1.58 bits per heavy atom. The molecule has 2 heterocycles. The molecule has 26 heavy (non-hydrogen) atoms. The maximum Gasteiger partial charge on any atom is 0.221 e. The molecule has 2 aromatic carbocycles. The minimum Gasteiger partial charge on any atom is -0.352 e. The van der Waals surface area contributed by atoms with Crippen LogP contribution in [0, 0.1) is 0 Å². The Labute approximate surface area is 156 Å². The van der Waals surface area contributed by atoms with Gasteiger partial charge in [0.1, 0.15) is 0 Å². The summed E-state index contributed by atoms with van der Waals surface area (Å²) < 4.78 is 0. The van der Waals surface area contributed by atoms with Gasteiger partial charge in [-0.3, -0.25) is 9.69 Å². The molecule has 2 atom stereocenters. The van der Waals surface area contributed by atoms with Gasteiger partial charge in [-0.2, -0.15) is 0 Å². The second-order valence-electron chi connectivity index (χ2n) is 7.64. The van der Waals surface area contributed by atoms with Crippen LogP contribution in [-0.4, -0.2) is 36.0 Å². The number of carbonyl (C=O) groups is 1. The summed E-state index contributed by atoms with van der Waals surface area (Å²) in [5.41, 5.74) is 2.42. The number of benzene rings is 2. The van der Waals surface area contributed by atoms with E-state index >= 15 is 0 Å². The smallest absolute Gasteiger partial charge is 0.221 e. The first kappa shape index (κ1) is 17.3. The van der Waals surface area contributed by atoms with E-state index in [2.05, 4.69) is 58.7 Å². The summed E-state index contributed by atoms with van der Waals surface area (Å²) >= 11 is 0. The summed E-state index contributed by atoms with van der Waals surface area (Å²) in [6.07, 6.45) is 5.44. The van der Waals surface area contributed by atoms with Crippen LogP contribution in [0.4, 0.5) is 0 Å². The third kappa shape index (κ3) is 3.83. The van der Waals surface area contributed by atoms with Crippen LogP contribution < -0.4 is 5.32 Å². The zero-order valence-corrected chi connectivity index (χ0v) is 15.3. The van der Waals surface area contributed by atoms with Crippen molar-refractivity contribution in [2.75, 3.05) is 13.1 Å². The molecule has 0 unspecified atom stereocenters. The number of carbonyl (C=O) groups excluding carboxylic acids is 1. The highest BCUT2D eigenvalue weighted by molar-refractivity contribution is 5.78. The monoisotopic (exact) mass is 348 g/mol. The van der Waals surface area contributed by atoms with Gasteiger partial charge in [-0.25, -0.2) is 0 Å². The second kappa shape index (κ2) is 8.05. The Balaban J connectivity index is 1.46. The normalized spacial score (nSPS) is 23.0. The summed E-state index contributed by atoms with van der Waals surface area (Å²) in [6, 6.07) is 21.7. The predicted molar refractivity (Wildman–Crippen MR) is 105 cm³/mol. The van der Waals surface area contributed by atoms with E-state index in [9.17, 15) is 4.79 Å². The fraction of sp³-hybridized carbons (Fsp3) is 0.435. The molecule has 4 rings (SSSR count). The fourth-order valence-electron chi connectivity index (χ4n) is 4.67. The molecular formula is C23H28N2O. The van der Waals surface area contributed by atoms with E-state index in [0.29, 0.717) is 18.5 Å². The van der Waals surface area contributed by atoms with Crippen molar-refractivity contribution in [1.29, 1.82) is 0 Å². The van der Waals surface area contributed by atoms with Gasteiger partial charge in [0, 0.05) is 31.0 Å². The summed E-state index contributed by atoms with van der Waals surface area (Å²) in [5, 5.41) is 3.37. The Kier molecular flexibility index (Phi) is 5.35. The van der Waals surface area contributed by atoms with Crippen LogP contribution in [0.25, 0.3) is 0 Å². The first-order valence-corrected chi connectivity index (χ1v) is 9.94. The quantitative estimate of drug-likeness (QED) is 0.887. The molecule has 3 nitrogen and oxygen atoms in total. The Hall–Kier alpha value is -2.13. The van der Waals surface area contributed by atoms with E-state index in [0.717, 1.165) is 13.0 Å². The molecule has 0 spiro atoms. The third-order valence-electron chi connectivity index (χ3n) is 6.00. The van der Waals surface area contributed by atoms with Crippen LogP contribution >= 0.6 is 0 Å². The minimum absolute atomic E-state index is 0.112. The lowest BCUT2D eigenvalue weighted by atomic mass is 9.88. The molecular weight excluding hydrogens is 320 g/mol. The number of piperidine rings is 1. The highest BCUT2D eigenvalue weighted by Gasteiger charge is 2.36. The van der Waals surface area contributed by atoms with Crippen LogP contribution in [-0.2, 0) is 4.79 Å². The standard InChI is InChI=1S/C23H28N2O/c26-23(24-21-14-16-25-15-8-7-13-22(21)25)17-20(18-9-3-1-4-10-18)19-11-5-2-6-12-19/h1-6,9-12,20-22H,7-8,13-17H2,(H,24,26)/t21-,22-/m1/s1. The van der Waals surface area contributed by atoms with Crippen LogP contribution in [0.3, 0.4) is 0 Å². The lowest BCUT2D eigenvalue weighted by Crippen LogP contribution is -2.47. The van der Waals surface area contributed by atoms with E-state index in [4.69, 9.17) is 0 Å². The number of rotatable bonds is 5. The molecule has 2 fully saturated rings. The van der Waals surface area contributed by atoms with Crippen LogP contribution in [0.5, 0.6) is 0 Å². The van der Waals surface area contributed by atoms with Gasteiger partial charge in [0.05, 0.1) is 0 Å². The number of amides is 1. The molecule has 0 aliphatic carbocycles. The van der Waals surface area contributed by atoms with Crippen molar-refractivity contribution in [2.45, 2.75) is 50.1 Å². The van der Waals surface area contributed by atoms with Crippen molar-refractivity contribution in [1.82, 2.24) is 10.2 Å². The maximum absolute atomic E-state index is 12.9. The van der Waals surface area contributed by atoms with Gasteiger partial charge < -0.3 is 5.32 Å². The highest BCUT2D eigenvalue weighted by Crippen LogP contribution is 2.30. The summed E-state index contributed by atoms with van der Waals surface area (Å²) in [4.78, 5) is 15.5. The largest absolute Gasteiger partial charge is 0.352 e. The maximum atomic E-state index is 12.9. The van der Waals surface area contributed by atoms with Gasteiger partial charge in [-0.15, -0.1) is 0 Å². The van der Waals surface area contributed by atoms with E-state index in [1.165, 1.54) is 36.9 Å². The van der Waals surface area contributed by atoms with E-state index in [1.807, 2.05) is 12.1 Å². The van der Waals surface area contributed by atoms with Gasteiger partial charge >= 0.3 is 0 Å². The zero-order chi connectivity index (χ0) is 17.8. The molecule has 3 heteroatoms. The molecule has 0 radical (unpaired) electrons. The van der Waals surface area contributed by atoms with Gasteiger partial charge in [0.2, 0.25) is 5.91 Å². The van der Waals surface area contributed by atoms with Gasteiger partial charge in [-0.05, 0) is 36.9 Å². The summed E-state index contributed by atoms with van der Waals surface area (Å²) in [6.45, 7) is 2.34. The molecule has 0 aromatic heterocycles. The van der Waals surface area contributed by atoms with Crippen molar-refractivity contribution in [3.63, 3.8) is 0 Å². The first-order valence-electron chi connectivity index (χ1n) is 9.94. The number of hydrogen-bond donors (Lipinski definition) is 1. The molecule has 2 aromatic rings. The Morgan fingerprint density at radius 1 is 0.923 bits per heavy atom. The molecule has 2 saturated heterocycles. The van der Waals surface area contributed by atoms with E-state index < -0.39 is 0 Å². The Bertz CT molecular complexity index is 676. The van der Waals surface area contributed by atoms with Gasteiger partial charge in [-0.1, -0.05) is 67.1 Å². The molecule has 2 aliphatic heterocycles. The third-order valence-corrected chi connectivity index (χ3v) is 6.00. The predicted octanol–water partition coefficient (Wildman–Crippen LogP) is 3.95. The van der Waals surface area contributed by atoms with Gasteiger partial charge in [0.15, 0.2) is 0 Å². The van der Waals surface area contributed by atoms with Gasteiger partial charge in [0.25, 0.3) is 0 Å². The number of nitrogens with one attached hydrogen (secondary N) is 1. The van der Waals surface area contributed by atoms with E-state index in [-0.39, 0.29) is 11.8 Å². The molecule has 0 saturated carbocycles. The summed E-state index contributed by atoms with van der Waals surface area (Å²) in [7, 11) is 0. The number of hydrogen-bond acceptors (Lipinski definition) is 2. The second-order valence-corrected chi connectivity index (χ2v) is 7.64. The summed E-state index contributed by atoms with van der Waals surface area (Å²) in [5.74, 6) is 0.293.